The standard InChI is InChI=1S/C18H32N4/c1-6-19-18(21-15(4)5)20-14-17(22(7-2)8-3)16-12-10-9-11-13-16/h9-13,15,17H,6-8,14H2,1-5H3,(H2,19,20,21). The molecule has 1 rings (SSSR count). The smallest absolute Gasteiger partial charge is 0.191 e. The summed E-state index contributed by atoms with van der Waals surface area (Å²) in [4.78, 5) is 7.26. The Hall–Kier alpha value is -1.55. The average Bonchev–Trinajstić information content (AvgIpc) is 2.51. The van der Waals surface area contributed by atoms with Gasteiger partial charge in [0.2, 0.25) is 0 Å². The minimum Gasteiger partial charge on any atom is -0.357 e. The number of hydrogen-bond donors (Lipinski definition) is 2. The Bertz CT molecular complexity index is 424. The summed E-state index contributed by atoms with van der Waals surface area (Å²) >= 11 is 0. The van der Waals surface area contributed by atoms with E-state index < -0.39 is 0 Å². The van der Waals surface area contributed by atoms with Gasteiger partial charge in [-0.15, -0.1) is 0 Å². The van der Waals surface area contributed by atoms with Gasteiger partial charge in [-0.2, -0.15) is 0 Å². The summed E-state index contributed by atoms with van der Waals surface area (Å²) < 4.78 is 0. The van der Waals surface area contributed by atoms with Crippen molar-refractivity contribution in [3.8, 4) is 0 Å². The van der Waals surface area contributed by atoms with Crippen molar-refractivity contribution < 1.29 is 0 Å². The first-order valence-corrected chi connectivity index (χ1v) is 8.46. The van der Waals surface area contributed by atoms with Gasteiger partial charge in [-0.25, -0.2) is 0 Å². The molecule has 1 atom stereocenters. The van der Waals surface area contributed by atoms with Crippen LogP contribution in [0.3, 0.4) is 0 Å². The van der Waals surface area contributed by atoms with Gasteiger partial charge in [-0.3, -0.25) is 9.89 Å². The first-order chi connectivity index (χ1) is 10.6. The molecule has 0 aliphatic rings. The summed E-state index contributed by atoms with van der Waals surface area (Å²) in [6.45, 7) is 14.5. The van der Waals surface area contributed by atoms with Gasteiger partial charge in [-0.1, -0.05) is 44.2 Å². The molecule has 4 nitrogen and oxygen atoms in total. The molecule has 0 saturated carbocycles. The molecule has 22 heavy (non-hydrogen) atoms. The summed E-state index contributed by atoms with van der Waals surface area (Å²) in [5.41, 5.74) is 1.33. The summed E-state index contributed by atoms with van der Waals surface area (Å²) in [7, 11) is 0. The first-order valence-electron chi connectivity index (χ1n) is 8.46. The van der Waals surface area contributed by atoms with E-state index in [1.807, 2.05) is 0 Å². The lowest BCUT2D eigenvalue weighted by atomic mass is 10.1. The van der Waals surface area contributed by atoms with E-state index in [-0.39, 0.29) is 0 Å². The minimum absolute atomic E-state index is 0.318. The Morgan fingerprint density at radius 3 is 2.23 bits per heavy atom. The van der Waals surface area contributed by atoms with E-state index in [2.05, 4.69) is 80.5 Å². The second-order valence-electron chi connectivity index (χ2n) is 5.67. The van der Waals surface area contributed by atoms with Gasteiger partial charge in [0.1, 0.15) is 0 Å². The molecule has 0 fully saturated rings. The van der Waals surface area contributed by atoms with E-state index in [1.165, 1.54) is 5.56 Å². The van der Waals surface area contributed by atoms with Gasteiger partial charge >= 0.3 is 0 Å². The highest BCUT2D eigenvalue weighted by Gasteiger charge is 2.17. The van der Waals surface area contributed by atoms with Crippen molar-refractivity contribution in [1.29, 1.82) is 0 Å². The maximum atomic E-state index is 4.80. The Kier molecular flexibility index (Phi) is 8.60. The van der Waals surface area contributed by atoms with Crippen LogP contribution in [0, 0.1) is 0 Å². The van der Waals surface area contributed by atoms with Crippen LogP contribution < -0.4 is 10.6 Å². The number of rotatable bonds is 8. The zero-order chi connectivity index (χ0) is 16.4. The van der Waals surface area contributed by atoms with Crippen molar-refractivity contribution in [2.24, 2.45) is 4.99 Å². The van der Waals surface area contributed by atoms with E-state index in [9.17, 15) is 0 Å². The lowest BCUT2D eigenvalue weighted by Crippen LogP contribution is -2.41. The fourth-order valence-corrected chi connectivity index (χ4v) is 2.54. The van der Waals surface area contributed by atoms with E-state index in [0.717, 1.165) is 32.1 Å². The molecule has 0 aliphatic carbocycles. The monoisotopic (exact) mass is 304 g/mol. The van der Waals surface area contributed by atoms with E-state index in [1.54, 1.807) is 0 Å². The molecule has 0 saturated heterocycles. The van der Waals surface area contributed by atoms with Gasteiger partial charge in [0.15, 0.2) is 5.96 Å². The maximum Gasteiger partial charge on any atom is 0.191 e. The van der Waals surface area contributed by atoms with Gasteiger partial charge in [0.05, 0.1) is 12.6 Å². The SMILES string of the molecule is CCNC(=NCC(c1ccccc1)N(CC)CC)NC(C)C. The maximum absolute atomic E-state index is 4.80. The summed E-state index contributed by atoms with van der Waals surface area (Å²) in [6.07, 6.45) is 0. The van der Waals surface area contributed by atoms with Crippen LogP contribution in [0.1, 0.15) is 46.2 Å². The van der Waals surface area contributed by atoms with Crippen LogP contribution in [-0.2, 0) is 0 Å². The number of guanidine groups is 1. The second-order valence-corrected chi connectivity index (χ2v) is 5.67. The van der Waals surface area contributed by atoms with Crippen molar-refractivity contribution in [3.63, 3.8) is 0 Å². The zero-order valence-electron chi connectivity index (χ0n) is 14.8. The topological polar surface area (TPSA) is 39.7 Å². The van der Waals surface area contributed by atoms with Crippen molar-refractivity contribution >= 4 is 5.96 Å². The predicted octanol–water partition coefficient (Wildman–Crippen LogP) is 3.03. The Morgan fingerprint density at radius 1 is 1.09 bits per heavy atom. The molecule has 124 valence electrons. The molecule has 0 heterocycles. The lowest BCUT2D eigenvalue weighted by molar-refractivity contribution is 0.224. The Morgan fingerprint density at radius 2 is 1.73 bits per heavy atom. The zero-order valence-corrected chi connectivity index (χ0v) is 14.8. The summed E-state index contributed by atoms with van der Waals surface area (Å²) in [6, 6.07) is 11.4. The molecule has 0 spiro atoms. The number of likely N-dealkylation sites (N-methyl/N-ethyl adjacent to an activating group) is 1. The van der Waals surface area contributed by atoms with Gasteiger partial charge < -0.3 is 10.6 Å². The molecule has 0 radical (unpaired) electrons. The number of aliphatic imine (C=N–C) groups is 1. The third-order valence-electron chi connectivity index (χ3n) is 3.63. The van der Waals surface area contributed by atoms with Gasteiger partial charge in [-0.05, 0) is 39.4 Å². The molecule has 4 heteroatoms. The summed E-state index contributed by atoms with van der Waals surface area (Å²) in [5, 5.41) is 6.70. The van der Waals surface area contributed by atoms with Crippen LogP contribution in [0.4, 0.5) is 0 Å². The van der Waals surface area contributed by atoms with Crippen LogP contribution in [0.25, 0.3) is 0 Å². The van der Waals surface area contributed by atoms with Crippen LogP contribution in [0.2, 0.25) is 0 Å². The predicted molar refractivity (Wildman–Crippen MR) is 96.4 cm³/mol. The van der Waals surface area contributed by atoms with E-state index in [4.69, 9.17) is 4.99 Å². The highest BCUT2D eigenvalue weighted by molar-refractivity contribution is 5.80. The minimum atomic E-state index is 0.318. The van der Waals surface area contributed by atoms with Gasteiger partial charge in [0.25, 0.3) is 0 Å². The highest BCUT2D eigenvalue weighted by atomic mass is 15.2. The molecular formula is C18H32N4. The third kappa shape index (κ3) is 6.06. The van der Waals surface area contributed by atoms with E-state index >= 15 is 0 Å². The average molecular weight is 304 g/mol. The summed E-state index contributed by atoms with van der Waals surface area (Å²) in [5.74, 6) is 0.894. The van der Waals surface area contributed by atoms with Crippen molar-refractivity contribution in [3.05, 3.63) is 35.9 Å². The lowest BCUT2D eigenvalue weighted by Gasteiger charge is -2.29. The second kappa shape index (κ2) is 10.2. The number of hydrogen-bond acceptors (Lipinski definition) is 2. The van der Waals surface area contributed by atoms with Crippen LogP contribution in [0.5, 0.6) is 0 Å². The molecule has 1 unspecified atom stereocenters. The van der Waals surface area contributed by atoms with Crippen LogP contribution in [-0.4, -0.2) is 43.1 Å². The van der Waals surface area contributed by atoms with Crippen LogP contribution in [0.15, 0.2) is 35.3 Å². The molecule has 0 aliphatic heterocycles. The van der Waals surface area contributed by atoms with Crippen molar-refractivity contribution in [2.75, 3.05) is 26.2 Å². The van der Waals surface area contributed by atoms with Gasteiger partial charge in [0, 0.05) is 12.6 Å². The largest absolute Gasteiger partial charge is 0.357 e. The third-order valence-corrected chi connectivity index (χ3v) is 3.63. The number of nitrogens with zero attached hydrogens (tertiary/aromatic N) is 2. The molecule has 0 bridgehead atoms. The molecular weight excluding hydrogens is 272 g/mol. The first kappa shape index (κ1) is 18.5. The van der Waals surface area contributed by atoms with Crippen molar-refractivity contribution in [1.82, 2.24) is 15.5 Å². The number of nitrogens with one attached hydrogen (secondary N) is 2. The highest BCUT2D eigenvalue weighted by Crippen LogP contribution is 2.20. The van der Waals surface area contributed by atoms with Crippen molar-refractivity contribution in [2.45, 2.75) is 46.7 Å². The Labute approximate surface area is 136 Å². The molecule has 1 aromatic carbocycles. The molecule has 2 N–H and O–H groups in total. The molecule has 0 aromatic heterocycles. The molecule has 1 aromatic rings. The Balaban J connectivity index is 2.92. The van der Waals surface area contributed by atoms with E-state index in [0.29, 0.717) is 12.1 Å². The normalized spacial score (nSPS) is 13.5. The molecule has 0 amide bonds. The fourth-order valence-electron chi connectivity index (χ4n) is 2.54. The quantitative estimate of drug-likeness (QED) is 0.573. The number of benzene rings is 1. The fraction of sp³-hybridized carbons (Fsp3) is 0.611. The van der Waals surface area contributed by atoms with Crippen LogP contribution >= 0.6 is 0 Å².